The molecule has 1 unspecified atom stereocenters. The van der Waals surface area contributed by atoms with E-state index in [2.05, 4.69) is 28.1 Å². The first-order valence-corrected chi connectivity index (χ1v) is 10.8. The van der Waals surface area contributed by atoms with E-state index in [0.717, 1.165) is 9.37 Å². The normalized spacial score (nSPS) is 19.2. The van der Waals surface area contributed by atoms with Crippen molar-refractivity contribution in [3.63, 3.8) is 0 Å². The van der Waals surface area contributed by atoms with Gasteiger partial charge in [0.15, 0.2) is 6.55 Å². The third-order valence-electron chi connectivity index (χ3n) is 2.79. The van der Waals surface area contributed by atoms with Crippen molar-refractivity contribution in [1.82, 2.24) is 0 Å². The fourth-order valence-electron chi connectivity index (χ4n) is 1.91. The highest BCUT2D eigenvalue weighted by Crippen LogP contribution is 2.63. The predicted octanol–water partition coefficient (Wildman–Crippen LogP) is 5.83. The summed E-state index contributed by atoms with van der Waals surface area (Å²) in [6.45, 7) is -0.971. The van der Waals surface area contributed by atoms with Crippen molar-refractivity contribution < 1.29 is 4.89 Å². The molecule has 1 aliphatic carbocycles. The highest BCUT2D eigenvalue weighted by atomic mass is 79.9. The third kappa shape index (κ3) is 5.12. The van der Waals surface area contributed by atoms with Gasteiger partial charge >= 0.3 is 0 Å². The molecule has 1 saturated carbocycles. The molecule has 1 N–H and O–H groups in total. The smallest absolute Gasteiger partial charge is 0.154 e. The van der Waals surface area contributed by atoms with Crippen LogP contribution in [0.15, 0.2) is 33.6 Å². The molecule has 0 spiro atoms. The van der Waals surface area contributed by atoms with Crippen LogP contribution in [0.5, 0.6) is 0 Å². The zero-order valence-corrected chi connectivity index (χ0v) is 13.6. The quantitative estimate of drug-likeness (QED) is 0.690. The minimum absolute atomic E-state index is 0.683. The van der Waals surface area contributed by atoms with Gasteiger partial charge in [0.2, 0.25) is 0 Å². The van der Waals surface area contributed by atoms with Gasteiger partial charge in [0, 0.05) is 14.6 Å². The van der Waals surface area contributed by atoms with Crippen LogP contribution in [0.3, 0.4) is 0 Å². The van der Waals surface area contributed by atoms with Crippen LogP contribution < -0.4 is 0 Å². The van der Waals surface area contributed by atoms with Gasteiger partial charge in [-0.25, -0.2) is 0 Å². The largest absolute Gasteiger partial charge is 0.355 e. The first-order chi connectivity index (χ1) is 8.24. The summed E-state index contributed by atoms with van der Waals surface area (Å²) < 4.78 is 1.09. The molecule has 2 rings (SSSR count). The van der Waals surface area contributed by atoms with Gasteiger partial charge in [0.25, 0.3) is 0 Å². The minimum atomic E-state index is -0.971. The molecule has 17 heavy (non-hydrogen) atoms. The second-order valence-corrected chi connectivity index (χ2v) is 11.0. The fourth-order valence-corrected chi connectivity index (χ4v) is 8.14. The molecule has 0 aliphatic heterocycles. The van der Waals surface area contributed by atoms with Crippen molar-refractivity contribution >= 4 is 45.2 Å². The average molecular weight is 351 g/mol. The van der Waals surface area contributed by atoms with E-state index in [9.17, 15) is 4.89 Å². The lowest BCUT2D eigenvalue weighted by Gasteiger charge is -2.22. The molecule has 0 bridgehead atoms. The Morgan fingerprint density at radius 1 is 1.12 bits per heavy atom. The van der Waals surface area contributed by atoms with Crippen LogP contribution in [0.4, 0.5) is 0 Å². The topological polar surface area (TPSA) is 20.2 Å². The molecule has 0 aromatic heterocycles. The highest BCUT2D eigenvalue weighted by Gasteiger charge is 2.19. The van der Waals surface area contributed by atoms with Gasteiger partial charge in [0.1, 0.15) is 0 Å². The Hall–Kier alpha value is 0.790. The molecular weight excluding hydrogens is 335 g/mol. The maximum Gasteiger partial charge on any atom is 0.154 e. The van der Waals surface area contributed by atoms with Crippen molar-refractivity contribution in [2.75, 3.05) is 0 Å². The SMILES string of the molecule is OP(Sc1ccc(Br)cc1)SC1CCCCC1. The molecule has 0 heterocycles. The Balaban J connectivity index is 1.79. The van der Waals surface area contributed by atoms with E-state index < -0.39 is 6.55 Å². The molecule has 0 saturated heterocycles. The molecule has 1 aromatic carbocycles. The zero-order valence-electron chi connectivity index (χ0n) is 9.51. The summed E-state index contributed by atoms with van der Waals surface area (Å²) in [7, 11) is 0. The molecule has 0 amide bonds. The predicted molar refractivity (Wildman–Crippen MR) is 83.6 cm³/mol. The van der Waals surface area contributed by atoms with Crippen molar-refractivity contribution in [2.24, 2.45) is 0 Å². The molecule has 1 atom stereocenters. The Bertz CT molecular complexity index is 341. The van der Waals surface area contributed by atoms with Gasteiger partial charge < -0.3 is 4.89 Å². The second kappa shape index (κ2) is 7.40. The van der Waals surface area contributed by atoms with Crippen LogP contribution in [0.1, 0.15) is 32.1 Å². The summed E-state index contributed by atoms with van der Waals surface area (Å²) in [6, 6.07) is 8.16. The third-order valence-corrected chi connectivity index (χ3v) is 8.89. The van der Waals surface area contributed by atoms with Gasteiger partial charge in [-0.05, 0) is 37.1 Å². The maximum atomic E-state index is 10.1. The summed E-state index contributed by atoms with van der Waals surface area (Å²) >= 11 is 6.82. The molecule has 0 radical (unpaired) electrons. The second-order valence-electron chi connectivity index (χ2n) is 4.15. The van der Waals surface area contributed by atoms with Crippen LogP contribution in [0.25, 0.3) is 0 Å². The maximum absolute atomic E-state index is 10.1. The zero-order chi connectivity index (χ0) is 12.1. The Morgan fingerprint density at radius 2 is 1.76 bits per heavy atom. The Labute approximate surface area is 121 Å². The molecule has 1 nitrogen and oxygen atoms in total. The Kier molecular flexibility index (Phi) is 6.18. The van der Waals surface area contributed by atoms with Crippen molar-refractivity contribution in [2.45, 2.75) is 42.2 Å². The van der Waals surface area contributed by atoms with Crippen molar-refractivity contribution in [3.8, 4) is 0 Å². The van der Waals surface area contributed by atoms with Crippen molar-refractivity contribution in [1.29, 1.82) is 0 Å². The summed E-state index contributed by atoms with van der Waals surface area (Å²) in [4.78, 5) is 11.3. The average Bonchev–Trinajstić information content (AvgIpc) is 2.33. The summed E-state index contributed by atoms with van der Waals surface area (Å²) in [5, 5.41) is 0.683. The fraction of sp³-hybridized carbons (Fsp3) is 0.500. The lowest BCUT2D eigenvalue weighted by Crippen LogP contribution is -2.06. The summed E-state index contributed by atoms with van der Waals surface area (Å²) in [5.74, 6) is 0. The summed E-state index contributed by atoms with van der Waals surface area (Å²) in [6.07, 6.45) is 6.61. The molecular formula is C12H16BrOPS2. The van der Waals surface area contributed by atoms with E-state index in [-0.39, 0.29) is 0 Å². The van der Waals surface area contributed by atoms with Crippen LogP contribution in [-0.2, 0) is 0 Å². The summed E-state index contributed by atoms with van der Waals surface area (Å²) in [5.41, 5.74) is 0. The van der Waals surface area contributed by atoms with Crippen LogP contribution in [0.2, 0.25) is 0 Å². The minimum Gasteiger partial charge on any atom is -0.355 e. The number of hydrogen-bond donors (Lipinski definition) is 1. The van der Waals surface area contributed by atoms with Gasteiger partial charge in [-0.3, -0.25) is 0 Å². The van der Waals surface area contributed by atoms with Crippen LogP contribution in [-0.4, -0.2) is 10.1 Å². The van der Waals surface area contributed by atoms with E-state index in [1.54, 1.807) is 22.8 Å². The first kappa shape index (κ1) is 14.2. The van der Waals surface area contributed by atoms with Crippen LogP contribution >= 0.6 is 45.2 Å². The van der Waals surface area contributed by atoms with E-state index in [1.165, 1.54) is 32.1 Å². The monoisotopic (exact) mass is 350 g/mol. The van der Waals surface area contributed by atoms with E-state index in [4.69, 9.17) is 0 Å². The first-order valence-electron chi connectivity index (χ1n) is 5.83. The standard InChI is InChI=1S/C12H16BrOPS2/c13-10-6-8-12(9-7-10)17-15(14)16-11-4-2-1-3-5-11/h6-9,11,14H,1-5H2. The van der Waals surface area contributed by atoms with E-state index >= 15 is 0 Å². The van der Waals surface area contributed by atoms with E-state index in [0.29, 0.717) is 5.25 Å². The molecule has 1 aromatic rings. The molecule has 1 aliphatic rings. The molecule has 1 fully saturated rings. The van der Waals surface area contributed by atoms with Gasteiger partial charge in [-0.2, -0.15) is 0 Å². The molecule has 5 heteroatoms. The highest BCUT2D eigenvalue weighted by molar-refractivity contribution is 9.10. The van der Waals surface area contributed by atoms with E-state index in [1.807, 2.05) is 12.1 Å². The van der Waals surface area contributed by atoms with Crippen LogP contribution in [0, 0.1) is 0 Å². The van der Waals surface area contributed by atoms with Gasteiger partial charge in [-0.15, -0.1) is 0 Å². The number of rotatable bonds is 4. The number of hydrogen-bond acceptors (Lipinski definition) is 3. The Morgan fingerprint density at radius 3 is 2.41 bits per heavy atom. The number of benzene rings is 1. The lowest BCUT2D eigenvalue weighted by atomic mass is 10.0. The van der Waals surface area contributed by atoms with Gasteiger partial charge in [0.05, 0.1) is 0 Å². The lowest BCUT2D eigenvalue weighted by molar-refractivity contribution is 0.517. The molecule has 94 valence electrons. The number of halogens is 1. The van der Waals surface area contributed by atoms with Gasteiger partial charge in [-0.1, -0.05) is 58.0 Å². The van der Waals surface area contributed by atoms with Crippen molar-refractivity contribution in [3.05, 3.63) is 28.7 Å².